The summed E-state index contributed by atoms with van der Waals surface area (Å²) in [5, 5.41) is 8.95. The summed E-state index contributed by atoms with van der Waals surface area (Å²) in [7, 11) is 1.27. The molecule has 90 valence electrons. The number of likely N-dealkylation sites (N-methyl/N-ethyl adjacent to an activating group) is 1. The van der Waals surface area contributed by atoms with Crippen molar-refractivity contribution in [1.82, 2.24) is 4.90 Å². The zero-order valence-corrected chi connectivity index (χ0v) is 9.31. The van der Waals surface area contributed by atoms with E-state index in [1.165, 1.54) is 7.05 Å². The molecule has 0 N–H and O–H groups in total. The van der Waals surface area contributed by atoms with Crippen LogP contribution in [0, 0.1) is 11.3 Å². The average molecular weight is 238 g/mol. The predicted molar refractivity (Wildman–Crippen MR) is 58.4 cm³/mol. The number of rotatable bonds is 4. The fourth-order valence-electron chi connectivity index (χ4n) is 1.44. The number of amides is 1. The number of hydrogen-bond acceptors (Lipinski definition) is 2. The van der Waals surface area contributed by atoms with Gasteiger partial charge in [-0.3, -0.25) is 4.79 Å². The molecular formula is C12H12F2N2O. The molecule has 0 aliphatic carbocycles. The first kappa shape index (κ1) is 13.1. The third kappa shape index (κ3) is 3.52. The minimum absolute atomic E-state index is 0.515. The first-order valence-corrected chi connectivity index (χ1v) is 5.04. The van der Waals surface area contributed by atoms with E-state index in [0.29, 0.717) is 5.56 Å². The van der Waals surface area contributed by atoms with Crippen LogP contribution in [0.4, 0.5) is 8.78 Å². The Hall–Kier alpha value is -1.96. The smallest absolute Gasteiger partial charge is 0.255 e. The maximum Gasteiger partial charge on any atom is 0.255 e. The van der Waals surface area contributed by atoms with Gasteiger partial charge in [0.2, 0.25) is 5.91 Å². The van der Waals surface area contributed by atoms with Crippen molar-refractivity contribution in [3.63, 3.8) is 0 Å². The first-order valence-electron chi connectivity index (χ1n) is 5.04. The van der Waals surface area contributed by atoms with Gasteiger partial charge in [0.25, 0.3) is 6.43 Å². The molecule has 0 aromatic heterocycles. The van der Waals surface area contributed by atoms with Gasteiger partial charge in [-0.2, -0.15) is 5.26 Å². The highest BCUT2D eigenvalue weighted by Gasteiger charge is 2.24. The molecule has 1 aromatic rings. The van der Waals surface area contributed by atoms with E-state index in [1.807, 2.05) is 6.07 Å². The maximum absolute atomic E-state index is 12.1. The van der Waals surface area contributed by atoms with E-state index in [1.54, 1.807) is 30.3 Å². The van der Waals surface area contributed by atoms with Gasteiger partial charge in [0, 0.05) is 7.05 Å². The molecule has 3 nitrogen and oxygen atoms in total. The first-order chi connectivity index (χ1) is 8.06. The molecule has 0 fully saturated rings. The summed E-state index contributed by atoms with van der Waals surface area (Å²) in [6.07, 6.45) is -2.60. The topological polar surface area (TPSA) is 44.1 Å². The van der Waals surface area contributed by atoms with Gasteiger partial charge >= 0.3 is 0 Å². The highest BCUT2D eigenvalue weighted by atomic mass is 19.3. The lowest BCUT2D eigenvalue weighted by Gasteiger charge is -2.19. The quantitative estimate of drug-likeness (QED) is 0.805. The number of nitriles is 1. The van der Waals surface area contributed by atoms with Crippen molar-refractivity contribution in [3.05, 3.63) is 35.9 Å². The van der Waals surface area contributed by atoms with Crippen LogP contribution in [0.25, 0.3) is 0 Å². The highest BCUT2D eigenvalue weighted by molar-refractivity contribution is 5.86. The van der Waals surface area contributed by atoms with E-state index in [4.69, 9.17) is 5.26 Å². The van der Waals surface area contributed by atoms with Crippen LogP contribution in [-0.2, 0) is 4.79 Å². The van der Waals surface area contributed by atoms with Gasteiger partial charge in [-0.1, -0.05) is 30.3 Å². The molecule has 0 saturated heterocycles. The Balaban J connectivity index is 2.83. The van der Waals surface area contributed by atoms with E-state index in [9.17, 15) is 13.6 Å². The fourth-order valence-corrected chi connectivity index (χ4v) is 1.44. The molecule has 0 radical (unpaired) electrons. The molecule has 0 heterocycles. The van der Waals surface area contributed by atoms with Gasteiger partial charge in [0.1, 0.15) is 5.92 Å². The Bertz CT molecular complexity index is 414. The van der Waals surface area contributed by atoms with Gasteiger partial charge in [0.05, 0.1) is 12.6 Å². The number of hydrogen-bond donors (Lipinski definition) is 0. The third-order valence-corrected chi connectivity index (χ3v) is 2.30. The minimum atomic E-state index is -2.60. The van der Waals surface area contributed by atoms with Gasteiger partial charge in [-0.05, 0) is 5.56 Å². The van der Waals surface area contributed by atoms with E-state index in [-0.39, 0.29) is 0 Å². The van der Waals surface area contributed by atoms with Gasteiger partial charge in [-0.25, -0.2) is 8.78 Å². The van der Waals surface area contributed by atoms with Gasteiger partial charge in [0.15, 0.2) is 0 Å². The Kier molecular flexibility index (Phi) is 4.58. The van der Waals surface area contributed by atoms with Crippen molar-refractivity contribution < 1.29 is 13.6 Å². The van der Waals surface area contributed by atoms with Crippen LogP contribution in [0.3, 0.4) is 0 Å². The summed E-state index contributed by atoms with van der Waals surface area (Å²) in [5.41, 5.74) is 0.515. The van der Waals surface area contributed by atoms with E-state index < -0.39 is 24.8 Å². The monoisotopic (exact) mass is 238 g/mol. The summed E-state index contributed by atoms with van der Waals surface area (Å²) < 4.78 is 24.3. The fraction of sp³-hybridized carbons (Fsp3) is 0.333. The Morgan fingerprint density at radius 2 is 2.00 bits per heavy atom. The van der Waals surface area contributed by atoms with Crippen molar-refractivity contribution in [2.75, 3.05) is 13.6 Å². The summed E-state index contributed by atoms with van der Waals surface area (Å²) >= 11 is 0. The second kappa shape index (κ2) is 5.94. The standard InChI is InChI=1S/C12H12F2N2O/c1-16(8-11(13)14)12(17)10(7-15)9-5-3-2-4-6-9/h2-6,10-11H,8H2,1H3. The lowest BCUT2D eigenvalue weighted by atomic mass is 9.99. The molecule has 0 spiro atoms. The van der Waals surface area contributed by atoms with E-state index in [2.05, 4.69) is 0 Å². The molecule has 0 aliphatic rings. The van der Waals surface area contributed by atoms with Crippen LogP contribution in [0.2, 0.25) is 0 Å². The van der Waals surface area contributed by atoms with Crippen LogP contribution in [-0.4, -0.2) is 30.8 Å². The molecule has 1 atom stereocenters. The van der Waals surface area contributed by atoms with Crippen LogP contribution >= 0.6 is 0 Å². The highest BCUT2D eigenvalue weighted by Crippen LogP contribution is 2.17. The molecule has 0 saturated carbocycles. The van der Waals surface area contributed by atoms with Crippen molar-refractivity contribution in [3.8, 4) is 6.07 Å². The number of alkyl halides is 2. The molecule has 17 heavy (non-hydrogen) atoms. The second-order valence-electron chi connectivity index (χ2n) is 3.58. The Morgan fingerprint density at radius 1 is 1.41 bits per heavy atom. The molecule has 1 amide bonds. The summed E-state index contributed by atoms with van der Waals surface area (Å²) in [5.74, 6) is -1.64. The molecule has 5 heteroatoms. The van der Waals surface area contributed by atoms with E-state index >= 15 is 0 Å². The largest absolute Gasteiger partial charge is 0.339 e. The zero-order valence-electron chi connectivity index (χ0n) is 9.31. The summed E-state index contributed by atoms with van der Waals surface area (Å²) in [6, 6.07) is 10.2. The van der Waals surface area contributed by atoms with Crippen LogP contribution in [0.1, 0.15) is 11.5 Å². The predicted octanol–water partition coefficient (Wildman–Crippen LogP) is 2.02. The molecule has 1 unspecified atom stereocenters. The molecular weight excluding hydrogens is 226 g/mol. The number of benzene rings is 1. The Morgan fingerprint density at radius 3 is 2.47 bits per heavy atom. The zero-order chi connectivity index (χ0) is 12.8. The number of nitrogens with zero attached hydrogens (tertiary/aromatic N) is 2. The van der Waals surface area contributed by atoms with Crippen LogP contribution in [0.15, 0.2) is 30.3 Å². The van der Waals surface area contributed by atoms with Crippen molar-refractivity contribution in [1.29, 1.82) is 5.26 Å². The molecule has 0 aliphatic heterocycles. The number of carbonyl (C=O) groups excluding carboxylic acids is 1. The molecule has 0 bridgehead atoms. The minimum Gasteiger partial charge on any atom is -0.339 e. The number of carbonyl (C=O) groups is 1. The van der Waals surface area contributed by atoms with Crippen molar-refractivity contribution in [2.45, 2.75) is 12.3 Å². The van der Waals surface area contributed by atoms with Gasteiger partial charge < -0.3 is 4.90 Å². The lowest BCUT2D eigenvalue weighted by Crippen LogP contribution is -2.34. The third-order valence-electron chi connectivity index (χ3n) is 2.30. The SMILES string of the molecule is CN(CC(F)F)C(=O)C(C#N)c1ccccc1. The molecule has 1 rings (SSSR count). The van der Waals surface area contributed by atoms with Crippen molar-refractivity contribution in [2.24, 2.45) is 0 Å². The van der Waals surface area contributed by atoms with Gasteiger partial charge in [-0.15, -0.1) is 0 Å². The number of halogens is 2. The van der Waals surface area contributed by atoms with Crippen LogP contribution < -0.4 is 0 Å². The second-order valence-corrected chi connectivity index (χ2v) is 3.58. The normalized spacial score (nSPS) is 11.9. The lowest BCUT2D eigenvalue weighted by molar-refractivity contribution is -0.131. The van der Waals surface area contributed by atoms with Crippen molar-refractivity contribution >= 4 is 5.91 Å². The summed E-state index contributed by atoms with van der Waals surface area (Å²) in [6.45, 7) is -0.663. The Labute approximate surface area is 98.3 Å². The molecule has 1 aromatic carbocycles. The average Bonchev–Trinajstić information content (AvgIpc) is 2.30. The van der Waals surface area contributed by atoms with E-state index in [0.717, 1.165) is 4.90 Å². The van der Waals surface area contributed by atoms with Crippen LogP contribution in [0.5, 0.6) is 0 Å². The maximum atomic E-state index is 12.1. The summed E-state index contributed by atoms with van der Waals surface area (Å²) in [4.78, 5) is 12.7.